The molecule has 0 bridgehead atoms. The van der Waals surface area contributed by atoms with Crippen LogP contribution in [-0.4, -0.2) is 20.6 Å². The Morgan fingerprint density at radius 1 is 1.31 bits per heavy atom. The molecule has 0 fully saturated rings. The molecule has 5 nitrogen and oxygen atoms in total. The number of para-hydroxylation sites is 1. The maximum absolute atomic E-state index is 14.8. The molecule has 0 spiro atoms. The highest BCUT2D eigenvalue weighted by atomic mass is 32.1. The smallest absolute Gasteiger partial charge is 0.341 e. The highest BCUT2D eigenvalue weighted by Gasteiger charge is 2.18. The van der Waals surface area contributed by atoms with E-state index in [2.05, 4.69) is 4.98 Å². The van der Waals surface area contributed by atoms with Gasteiger partial charge in [-0.2, -0.15) is 0 Å². The van der Waals surface area contributed by atoms with Gasteiger partial charge in [-0.3, -0.25) is 4.79 Å². The molecule has 0 saturated carbocycles. The standard InChI is InChI=1S/C19H13FN2O3S/c1-2-22-9-12(19(24)25)17(23)11-7-13(20)10(8-15(11)22)18-21-14-5-3-4-6-16(14)26-18/h3-9H,2H2,1H3,(H,24,25). The summed E-state index contributed by atoms with van der Waals surface area (Å²) in [4.78, 5) is 28.2. The number of carbonyl (C=O) groups is 1. The third-order valence-electron chi connectivity index (χ3n) is 4.26. The Morgan fingerprint density at radius 3 is 2.77 bits per heavy atom. The Balaban J connectivity index is 2.03. The SMILES string of the molecule is CCn1cc(C(=O)O)c(=O)c2cc(F)c(-c3nc4ccccc4s3)cc21. The van der Waals surface area contributed by atoms with Crippen molar-refractivity contribution in [1.82, 2.24) is 9.55 Å². The van der Waals surface area contributed by atoms with Crippen LogP contribution in [0.3, 0.4) is 0 Å². The van der Waals surface area contributed by atoms with Crippen LogP contribution in [0.5, 0.6) is 0 Å². The second-order valence-electron chi connectivity index (χ2n) is 5.80. The van der Waals surface area contributed by atoms with Crippen molar-refractivity contribution in [2.45, 2.75) is 13.5 Å². The van der Waals surface area contributed by atoms with E-state index in [9.17, 15) is 19.1 Å². The van der Waals surface area contributed by atoms with Gasteiger partial charge in [0, 0.05) is 23.7 Å². The summed E-state index contributed by atoms with van der Waals surface area (Å²) < 4.78 is 17.3. The molecule has 0 amide bonds. The number of aromatic carboxylic acids is 1. The van der Waals surface area contributed by atoms with E-state index in [1.54, 1.807) is 10.6 Å². The van der Waals surface area contributed by atoms with E-state index >= 15 is 0 Å². The molecular weight excluding hydrogens is 355 g/mol. The van der Waals surface area contributed by atoms with Crippen molar-refractivity contribution >= 4 is 38.4 Å². The van der Waals surface area contributed by atoms with Gasteiger partial charge in [0.05, 0.1) is 15.7 Å². The van der Waals surface area contributed by atoms with Crippen LogP contribution in [0.1, 0.15) is 17.3 Å². The van der Waals surface area contributed by atoms with E-state index in [1.807, 2.05) is 31.2 Å². The van der Waals surface area contributed by atoms with E-state index in [-0.39, 0.29) is 10.9 Å². The topological polar surface area (TPSA) is 72.2 Å². The number of nitrogens with zero attached hydrogens (tertiary/aromatic N) is 2. The quantitative estimate of drug-likeness (QED) is 0.590. The lowest BCUT2D eigenvalue weighted by Crippen LogP contribution is -2.19. The maximum Gasteiger partial charge on any atom is 0.341 e. The minimum atomic E-state index is -1.32. The van der Waals surface area contributed by atoms with Crippen LogP contribution in [0.2, 0.25) is 0 Å². The van der Waals surface area contributed by atoms with Gasteiger partial charge in [-0.05, 0) is 31.2 Å². The van der Waals surface area contributed by atoms with Crippen molar-refractivity contribution in [2.75, 3.05) is 0 Å². The first-order valence-electron chi connectivity index (χ1n) is 7.95. The number of thiazole rings is 1. The molecule has 0 aliphatic rings. The zero-order chi connectivity index (χ0) is 18.4. The summed E-state index contributed by atoms with van der Waals surface area (Å²) in [6, 6.07) is 10.2. The second-order valence-corrected chi connectivity index (χ2v) is 6.83. The summed E-state index contributed by atoms with van der Waals surface area (Å²) in [7, 11) is 0. The number of rotatable bonds is 3. The number of hydrogen-bond acceptors (Lipinski definition) is 4. The molecule has 4 aromatic rings. The average Bonchev–Trinajstić information content (AvgIpc) is 3.05. The number of aryl methyl sites for hydroxylation is 1. The summed E-state index contributed by atoms with van der Waals surface area (Å²) in [5.74, 6) is -1.92. The van der Waals surface area contributed by atoms with Crippen LogP contribution < -0.4 is 5.43 Å². The van der Waals surface area contributed by atoms with Crippen LogP contribution in [0.4, 0.5) is 4.39 Å². The van der Waals surface area contributed by atoms with E-state index in [1.165, 1.54) is 17.5 Å². The molecule has 2 aromatic carbocycles. The molecule has 0 atom stereocenters. The molecule has 7 heteroatoms. The number of hydrogen-bond donors (Lipinski definition) is 1. The Hall–Kier alpha value is -3.06. The molecule has 26 heavy (non-hydrogen) atoms. The van der Waals surface area contributed by atoms with Gasteiger partial charge < -0.3 is 9.67 Å². The van der Waals surface area contributed by atoms with Crippen LogP contribution in [0.25, 0.3) is 31.7 Å². The van der Waals surface area contributed by atoms with Gasteiger partial charge in [0.2, 0.25) is 5.43 Å². The van der Waals surface area contributed by atoms with Crippen molar-refractivity contribution in [2.24, 2.45) is 0 Å². The first-order chi connectivity index (χ1) is 12.5. The molecule has 130 valence electrons. The maximum atomic E-state index is 14.8. The number of fused-ring (bicyclic) bond motifs is 2. The van der Waals surface area contributed by atoms with Crippen molar-refractivity contribution in [3.8, 4) is 10.6 Å². The number of benzene rings is 2. The fourth-order valence-corrected chi connectivity index (χ4v) is 3.96. The van der Waals surface area contributed by atoms with Gasteiger partial charge in [0.1, 0.15) is 16.4 Å². The molecule has 2 aromatic heterocycles. The van der Waals surface area contributed by atoms with E-state index in [4.69, 9.17) is 0 Å². The Bertz CT molecular complexity index is 1210. The predicted octanol–water partition coefficient (Wildman–Crippen LogP) is 4.14. The molecule has 0 saturated heterocycles. The number of halogens is 1. The van der Waals surface area contributed by atoms with Gasteiger partial charge in [-0.15, -0.1) is 11.3 Å². The lowest BCUT2D eigenvalue weighted by atomic mass is 10.1. The van der Waals surface area contributed by atoms with Gasteiger partial charge in [0.25, 0.3) is 0 Å². The Labute approximate surface area is 151 Å². The number of carboxylic acids is 1. The van der Waals surface area contributed by atoms with Crippen molar-refractivity contribution < 1.29 is 14.3 Å². The lowest BCUT2D eigenvalue weighted by Gasteiger charge is -2.11. The number of pyridine rings is 1. The van der Waals surface area contributed by atoms with Crippen LogP contribution in [0, 0.1) is 5.82 Å². The minimum absolute atomic E-state index is 0.0501. The van der Waals surface area contributed by atoms with E-state index < -0.39 is 17.2 Å². The summed E-state index contributed by atoms with van der Waals surface area (Å²) in [5, 5.41) is 9.78. The third-order valence-corrected chi connectivity index (χ3v) is 5.33. The largest absolute Gasteiger partial charge is 0.477 e. The third kappa shape index (κ3) is 2.48. The average molecular weight is 368 g/mol. The monoisotopic (exact) mass is 368 g/mol. The molecule has 0 aliphatic heterocycles. The van der Waals surface area contributed by atoms with Crippen LogP contribution >= 0.6 is 11.3 Å². The predicted molar refractivity (Wildman–Crippen MR) is 99.4 cm³/mol. The first-order valence-corrected chi connectivity index (χ1v) is 8.77. The Morgan fingerprint density at radius 2 is 2.08 bits per heavy atom. The van der Waals surface area contributed by atoms with Gasteiger partial charge in [-0.25, -0.2) is 14.2 Å². The zero-order valence-corrected chi connectivity index (χ0v) is 14.5. The minimum Gasteiger partial charge on any atom is -0.477 e. The summed E-state index contributed by atoms with van der Waals surface area (Å²) in [6.07, 6.45) is 1.30. The van der Waals surface area contributed by atoms with Crippen molar-refractivity contribution in [3.63, 3.8) is 0 Å². The van der Waals surface area contributed by atoms with E-state index in [0.717, 1.165) is 16.3 Å². The molecule has 0 unspecified atom stereocenters. The van der Waals surface area contributed by atoms with Gasteiger partial charge in [0.15, 0.2) is 0 Å². The summed E-state index contributed by atoms with van der Waals surface area (Å²) in [5.41, 5.74) is 0.501. The van der Waals surface area contributed by atoms with Gasteiger partial charge >= 0.3 is 5.97 Å². The molecule has 2 heterocycles. The molecular formula is C19H13FN2O3S. The van der Waals surface area contributed by atoms with Crippen molar-refractivity contribution in [1.29, 1.82) is 0 Å². The summed E-state index contributed by atoms with van der Waals surface area (Å²) in [6.45, 7) is 2.28. The van der Waals surface area contributed by atoms with Crippen LogP contribution in [0.15, 0.2) is 47.4 Å². The first kappa shape index (κ1) is 16.4. The van der Waals surface area contributed by atoms with E-state index in [0.29, 0.717) is 22.6 Å². The molecule has 4 rings (SSSR count). The highest BCUT2D eigenvalue weighted by Crippen LogP contribution is 2.33. The van der Waals surface area contributed by atoms with Gasteiger partial charge in [-0.1, -0.05) is 12.1 Å². The van der Waals surface area contributed by atoms with Crippen LogP contribution in [-0.2, 0) is 6.54 Å². The number of carboxylic acid groups (broad SMARTS) is 1. The molecule has 1 N–H and O–H groups in total. The lowest BCUT2D eigenvalue weighted by molar-refractivity contribution is 0.0695. The normalized spacial score (nSPS) is 11.3. The molecule has 0 radical (unpaired) electrons. The number of aromatic nitrogens is 2. The molecule has 0 aliphatic carbocycles. The second kappa shape index (κ2) is 6.03. The summed E-state index contributed by atoms with van der Waals surface area (Å²) >= 11 is 1.37. The fraction of sp³-hybridized carbons (Fsp3) is 0.105. The fourth-order valence-electron chi connectivity index (χ4n) is 2.98. The highest BCUT2D eigenvalue weighted by molar-refractivity contribution is 7.21. The van der Waals surface area contributed by atoms with Crippen molar-refractivity contribution in [3.05, 3.63) is 64.2 Å². The zero-order valence-electron chi connectivity index (χ0n) is 13.7. The Kier molecular flexibility index (Phi) is 3.81.